The van der Waals surface area contributed by atoms with Crippen molar-refractivity contribution in [3.8, 4) is 11.3 Å². The van der Waals surface area contributed by atoms with Gasteiger partial charge in [0.2, 0.25) is 0 Å². The molecule has 2 aromatic heterocycles. The average molecular weight is 265 g/mol. The van der Waals surface area contributed by atoms with Crippen LogP contribution in [0.1, 0.15) is 18.4 Å². The van der Waals surface area contributed by atoms with E-state index in [1.807, 2.05) is 43.3 Å². The average Bonchev–Trinajstić information content (AvgIpc) is 2.85. The third-order valence-electron chi connectivity index (χ3n) is 3.21. The maximum absolute atomic E-state index is 11.1. The molecule has 20 heavy (non-hydrogen) atoms. The summed E-state index contributed by atoms with van der Waals surface area (Å²) in [6, 6.07) is 13.8. The lowest BCUT2D eigenvalue weighted by Gasteiger charge is -2.04. The monoisotopic (exact) mass is 265 g/mol. The first-order chi connectivity index (χ1) is 9.63. The Bertz CT molecular complexity index is 787. The van der Waals surface area contributed by atoms with Crippen molar-refractivity contribution in [3.05, 3.63) is 53.9 Å². The summed E-state index contributed by atoms with van der Waals surface area (Å²) in [5.74, 6) is 1.54. The number of pyridine rings is 1. The largest absolute Gasteiger partial charge is 0.461 e. The molecule has 100 valence electrons. The number of fused-ring (bicyclic) bond motifs is 1. The van der Waals surface area contributed by atoms with Crippen LogP contribution >= 0.6 is 0 Å². The van der Waals surface area contributed by atoms with Crippen LogP contribution < -0.4 is 0 Å². The highest BCUT2D eigenvalue weighted by molar-refractivity contribution is 5.92. The summed E-state index contributed by atoms with van der Waals surface area (Å²) in [6.07, 6.45) is 0.331. The summed E-state index contributed by atoms with van der Waals surface area (Å²) >= 11 is 0. The van der Waals surface area contributed by atoms with Gasteiger partial charge in [0, 0.05) is 16.6 Å². The fourth-order valence-electron chi connectivity index (χ4n) is 2.31. The highest BCUT2D eigenvalue weighted by Crippen LogP contribution is 2.29. The third-order valence-corrected chi connectivity index (χ3v) is 3.21. The number of aryl methyl sites for hydroxylation is 1. The maximum atomic E-state index is 11.1. The van der Waals surface area contributed by atoms with Crippen molar-refractivity contribution in [1.82, 2.24) is 4.98 Å². The quantitative estimate of drug-likeness (QED) is 0.720. The molecule has 0 unspecified atom stereocenters. The molecule has 0 amide bonds. The van der Waals surface area contributed by atoms with E-state index >= 15 is 0 Å². The number of Topliss-reactive ketones (excluding diaryl/α,β-unsaturated/α-hetero) is 1. The highest BCUT2D eigenvalue weighted by atomic mass is 16.3. The smallest absolute Gasteiger partial charge is 0.137 e. The summed E-state index contributed by atoms with van der Waals surface area (Å²) in [5.41, 5.74) is 2.86. The Labute approximate surface area is 117 Å². The van der Waals surface area contributed by atoms with E-state index in [4.69, 9.17) is 4.42 Å². The molecule has 0 atom stereocenters. The first-order valence-electron chi connectivity index (χ1n) is 6.58. The van der Waals surface area contributed by atoms with Crippen molar-refractivity contribution >= 4 is 16.7 Å². The Hall–Kier alpha value is -2.42. The Morgan fingerprint density at radius 1 is 1.15 bits per heavy atom. The molecule has 3 nitrogen and oxygen atoms in total. The van der Waals surface area contributed by atoms with Gasteiger partial charge in [-0.05, 0) is 38.1 Å². The van der Waals surface area contributed by atoms with Gasteiger partial charge in [-0.3, -0.25) is 9.78 Å². The Morgan fingerprint density at radius 3 is 2.80 bits per heavy atom. The van der Waals surface area contributed by atoms with Crippen molar-refractivity contribution in [3.63, 3.8) is 0 Å². The zero-order valence-corrected chi connectivity index (χ0v) is 11.5. The number of carbonyl (C=O) groups is 1. The molecule has 3 heteroatoms. The van der Waals surface area contributed by atoms with Crippen molar-refractivity contribution in [2.75, 3.05) is 0 Å². The minimum Gasteiger partial charge on any atom is -0.461 e. The van der Waals surface area contributed by atoms with Gasteiger partial charge in [-0.25, -0.2) is 0 Å². The van der Waals surface area contributed by atoms with E-state index in [0.29, 0.717) is 12.2 Å². The predicted octanol–water partition coefficient (Wildman–Crippen LogP) is 3.93. The lowest BCUT2D eigenvalue weighted by Crippen LogP contribution is -1.93. The molecule has 0 saturated heterocycles. The second kappa shape index (κ2) is 4.93. The molecule has 0 aliphatic carbocycles. The Kier molecular flexibility index (Phi) is 3.11. The highest BCUT2D eigenvalue weighted by Gasteiger charge is 2.10. The standard InChI is InChI=1S/C17H15NO2/c1-11-6-7-13-4-3-5-15(17(13)18-11)16-9-8-14(20-16)10-12(2)19/h3-9H,10H2,1-2H3. The van der Waals surface area contributed by atoms with Crippen LogP contribution in [0.2, 0.25) is 0 Å². The number of para-hydroxylation sites is 1. The van der Waals surface area contributed by atoms with E-state index in [2.05, 4.69) is 11.1 Å². The summed E-state index contributed by atoms with van der Waals surface area (Å²) in [5, 5.41) is 1.08. The fourth-order valence-corrected chi connectivity index (χ4v) is 2.31. The van der Waals surface area contributed by atoms with Gasteiger partial charge >= 0.3 is 0 Å². The summed E-state index contributed by atoms with van der Waals surface area (Å²) in [6.45, 7) is 3.53. The Morgan fingerprint density at radius 2 is 2.00 bits per heavy atom. The summed E-state index contributed by atoms with van der Waals surface area (Å²) < 4.78 is 5.77. The summed E-state index contributed by atoms with van der Waals surface area (Å²) in [7, 11) is 0. The summed E-state index contributed by atoms with van der Waals surface area (Å²) in [4.78, 5) is 15.7. The van der Waals surface area contributed by atoms with Crippen molar-refractivity contribution in [2.24, 2.45) is 0 Å². The van der Waals surface area contributed by atoms with Crippen LogP contribution in [0.5, 0.6) is 0 Å². The van der Waals surface area contributed by atoms with Crippen LogP contribution in [0.3, 0.4) is 0 Å². The van der Waals surface area contributed by atoms with Gasteiger partial charge in [-0.2, -0.15) is 0 Å². The molecule has 0 radical (unpaired) electrons. The van der Waals surface area contributed by atoms with E-state index in [0.717, 1.165) is 27.9 Å². The minimum atomic E-state index is 0.0952. The fraction of sp³-hybridized carbons (Fsp3) is 0.176. The number of aromatic nitrogens is 1. The second-order valence-electron chi connectivity index (χ2n) is 4.97. The van der Waals surface area contributed by atoms with Gasteiger partial charge in [0.05, 0.1) is 11.9 Å². The van der Waals surface area contributed by atoms with Gasteiger partial charge in [-0.15, -0.1) is 0 Å². The molecule has 2 heterocycles. The molecule has 0 fully saturated rings. The second-order valence-corrected chi connectivity index (χ2v) is 4.97. The van der Waals surface area contributed by atoms with Crippen LogP contribution in [0.15, 0.2) is 46.9 Å². The topological polar surface area (TPSA) is 43.1 Å². The van der Waals surface area contributed by atoms with E-state index in [-0.39, 0.29) is 5.78 Å². The number of ketones is 1. The van der Waals surface area contributed by atoms with E-state index in [9.17, 15) is 4.79 Å². The van der Waals surface area contributed by atoms with E-state index in [1.165, 1.54) is 0 Å². The van der Waals surface area contributed by atoms with Crippen LogP contribution in [-0.4, -0.2) is 10.8 Å². The first-order valence-corrected chi connectivity index (χ1v) is 6.58. The van der Waals surface area contributed by atoms with Gasteiger partial charge < -0.3 is 4.42 Å². The molecule has 1 aromatic carbocycles. The number of hydrogen-bond donors (Lipinski definition) is 0. The van der Waals surface area contributed by atoms with E-state index < -0.39 is 0 Å². The number of carbonyl (C=O) groups excluding carboxylic acids is 1. The number of hydrogen-bond acceptors (Lipinski definition) is 3. The van der Waals surface area contributed by atoms with Crippen LogP contribution in [0.4, 0.5) is 0 Å². The molecule has 0 aliphatic rings. The molecular weight excluding hydrogens is 250 g/mol. The SMILES string of the molecule is CC(=O)Cc1ccc(-c2cccc3ccc(C)nc23)o1. The normalized spacial score (nSPS) is 10.9. The lowest BCUT2D eigenvalue weighted by atomic mass is 10.1. The van der Waals surface area contributed by atoms with Gasteiger partial charge in [0.25, 0.3) is 0 Å². The van der Waals surface area contributed by atoms with Crippen molar-refractivity contribution in [1.29, 1.82) is 0 Å². The minimum absolute atomic E-state index is 0.0952. The third kappa shape index (κ3) is 2.35. The Balaban J connectivity index is 2.11. The van der Waals surface area contributed by atoms with Crippen molar-refractivity contribution < 1.29 is 9.21 Å². The molecule has 0 bridgehead atoms. The first kappa shape index (κ1) is 12.6. The van der Waals surface area contributed by atoms with Crippen LogP contribution in [0, 0.1) is 6.92 Å². The molecule has 0 spiro atoms. The molecule has 3 aromatic rings. The molecule has 0 N–H and O–H groups in total. The van der Waals surface area contributed by atoms with Crippen molar-refractivity contribution in [2.45, 2.75) is 20.3 Å². The van der Waals surface area contributed by atoms with E-state index in [1.54, 1.807) is 6.92 Å². The van der Waals surface area contributed by atoms with Crippen LogP contribution in [-0.2, 0) is 11.2 Å². The van der Waals surface area contributed by atoms with Gasteiger partial charge in [0.1, 0.15) is 17.3 Å². The number of rotatable bonds is 3. The predicted molar refractivity (Wildman–Crippen MR) is 78.6 cm³/mol. The maximum Gasteiger partial charge on any atom is 0.137 e. The van der Waals surface area contributed by atoms with Gasteiger partial charge in [-0.1, -0.05) is 18.2 Å². The molecule has 0 saturated carbocycles. The van der Waals surface area contributed by atoms with Crippen LogP contribution in [0.25, 0.3) is 22.2 Å². The van der Waals surface area contributed by atoms with Gasteiger partial charge in [0.15, 0.2) is 0 Å². The zero-order valence-electron chi connectivity index (χ0n) is 11.5. The number of nitrogens with zero attached hydrogens (tertiary/aromatic N) is 1. The molecular formula is C17H15NO2. The number of benzene rings is 1. The molecule has 3 rings (SSSR count). The zero-order chi connectivity index (χ0) is 14.1. The number of furan rings is 1. The molecule has 0 aliphatic heterocycles. The lowest BCUT2D eigenvalue weighted by molar-refractivity contribution is -0.116.